The maximum absolute atomic E-state index is 3.40. The minimum atomic E-state index is 0.702. The molecule has 0 saturated carbocycles. The summed E-state index contributed by atoms with van der Waals surface area (Å²) in [7, 11) is 2.18. The van der Waals surface area contributed by atoms with Crippen LogP contribution >= 0.6 is 0 Å². The number of nitrogens with one attached hydrogen (secondary N) is 1. The highest BCUT2D eigenvalue weighted by Crippen LogP contribution is 2.13. The van der Waals surface area contributed by atoms with Gasteiger partial charge in [-0.1, -0.05) is 25.1 Å². The van der Waals surface area contributed by atoms with E-state index in [9.17, 15) is 0 Å². The Hall–Kier alpha value is -1.06. The monoisotopic (exact) mass is 247 g/mol. The summed E-state index contributed by atoms with van der Waals surface area (Å²) in [5.74, 6) is 0.702. The molecule has 1 aromatic carbocycles. The van der Waals surface area contributed by atoms with Gasteiger partial charge in [0.2, 0.25) is 0 Å². The summed E-state index contributed by atoms with van der Waals surface area (Å²) in [5, 5.41) is 3.40. The fraction of sp³-hybridized carbons (Fsp3) is 0.600. The van der Waals surface area contributed by atoms with Crippen LogP contribution in [0.4, 0.5) is 5.69 Å². The van der Waals surface area contributed by atoms with Gasteiger partial charge in [0.25, 0.3) is 0 Å². The molecule has 0 aromatic heterocycles. The molecule has 1 atom stereocenters. The van der Waals surface area contributed by atoms with Crippen molar-refractivity contribution >= 4 is 5.69 Å². The van der Waals surface area contributed by atoms with Gasteiger partial charge in [0.05, 0.1) is 0 Å². The number of anilines is 1. The molecular weight excluding hydrogens is 222 g/mol. The van der Waals surface area contributed by atoms with E-state index in [1.54, 1.807) is 0 Å². The third kappa shape index (κ3) is 4.00. The van der Waals surface area contributed by atoms with E-state index >= 15 is 0 Å². The molecule has 0 aliphatic carbocycles. The highest BCUT2D eigenvalue weighted by molar-refractivity contribution is 5.44. The molecule has 3 heteroatoms. The first-order valence-corrected chi connectivity index (χ1v) is 6.95. The Bertz CT molecular complexity index is 333. The fourth-order valence-electron chi connectivity index (χ4n) is 2.65. The molecule has 2 rings (SSSR count). The van der Waals surface area contributed by atoms with Gasteiger partial charge in [-0.25, -0.2) is 0 Å². The topological polar surface area (TPSA) is 18.5 Å². The second-order valence-corrected chi connectivity index (χ2v) is 5.37. The lowest BCUT2D eigenvalue weighted by atomic mass is 10.1. The van der Waals surface area contributed by atoms with Crippen LogP contribution in [0.1, 0.15) is 6.92 Å². The van der Waals surface area contributed by atoms with Crippen molar-refractivity contribution in [3.05, 3.63) is 30.3 Å². The van der Waals surface area contributed by atoms with E-state index in [1.165, 1.54) is 25.3 Å². The molecular formula is C15H25N3. The standard InChI is InChI=1S/C15H25N3/c1-14(13-18-10-8-16-9-11-18)12-17(2)15-6-4-3-5-7-15/h3-7,14,16H,8-13H2,1-2H3. The molecule has 0 bridgehead atoms. The smallest absolute Gasteiger partial charge is 0.0363 e. The Morgan fingerprint density at radius 2 is 1.89 bits per heavy atom. The Labute approximate surface area is 111 Å². The van der Waals surface area contributed by atoms with E-state index in [0.29, 0.717) is 5.92 Å². The summed E-state index contributed by atoms with van der Waals surface area (Å²) < 4.78 is 0. The SMILES string of the molecule is CC(CN1CCNCC1)CN(C)c1ccccc1. The van der Waals surface area contributed by atoms with Crippen LogP contribution in [0.5, 0.6) is 0 Å². The molecule has 3 nitrogen and oxygen atoms in total. The van der Waals surface area contributed by atoms with Crippen LogP contribution in [0, 0.1) is 5.92 Å². The van der Waals surface area contributed by atoms with Gasteiger partial charge in [-0.2, -0.15) is 0 Å². The molecule has 1 aliphatic heterocycles. The molecule has 1 saturated heterocycles. The molecule has 1 fully saturated rings. The van der Waals surface area contributed by atoms with Gasteiger partial charge < -0.3 is 15.1 Å². The molecule has 1 aromatic rings. The van der Waals surface area contributed by atoms with E-state index in [0.717, 1.165) is 19.6 Å². The van der Waals surface area contributed by atoms with Crippen molar-refractivity contribution < 1.29 is 0 Å². The second kappa shape index (κ2) is 6.76. The molecule has 18 heavy (non-hydrogen) atoms. The zero-order chi connectivity index (χ0) is 12.8. The third-order valence-corrected chi connectivity index (χ3v) is 3.56. The lowest BCUT2D eigenvalue weighted by Gasteiger charge is -2.31. The molecule has 100 valence electrons. The van der Waals surface area contributed by atoms with E-state index in [4.69, 9.17) is 0 Å². The number of benzene rings is 1. The number of nitrogens with zero attached hydrogens (tertiary/aromatic N) is 2. The van der Waals surface area contributed by atoms with Gasteiger partial charge in [-0.05, 0) is 18.1 Å². The number of para-hydroxylation sites is 1. The minimum Gasteiger partial charge on any atom is -0.374 e. The van der Waals surface area contributed by atoms with Crippen molar-refractivity contribution in [2.24, 2.45) is 5.92 Å². The molecule has 0 amide bonds. The Kier molecular flexibility index (Phi) is 5.02. The minimum absolute atomic E-state index is 0.702. The molecule has 1 heterocycles. The van der Waals surface area contributed by atoms with Crippen LogP contribution in [-0.2, 0) is 0 Å². The molecule has 1 unspecified atom stereocenters. The van der Waals surface area contributed by atoms with Crippen molar-refractivity contribution in [2.75, 3.05) is 51.2 Å². The lowest BCUT2D eigenvalue weighted by Crippen LogP contribution is -2.46. The number of rotatable bonds is 5. The average Bonchev–Trinajstić information content (AvgIpc) is 2.40. The van der Waals surface area contributed by atoms with E-state index in [1.807, 2.05) is 0 Å². The predicted molar refractivity (Wildman–Crippen MR) is 78.2 cm³/mol. The van der Waals surface area contributed by atoms with E-state index in [-0.39, 0.29) is 0 Å². The first-order chi connectivity index (χ1) is 8.75. The first kappa shape index (κ1) is 13.4. The second-order valence-electron chi connectivity index (χ2n) is 5.37. The van der Waals surface area contributed by atoms with Crippen LogP contribution in [0.2, 0.25) is 0 Å². The van der Waals surface area contributed by atoms with Crippen LogP contribution in [-0.4, -0.2) is 51.2 Å². The van der Waals surface area contributed by atoms with Gasteiger partial charge in [0, 0.05) is 52.0 Å². The number of hydrogen-bond donors (Lipinski definition) is 1. The lowest BCUT2D eigenvalue weighted by molar-refractivity contribution is 0.213. The molecule has 0 radical (unpaired) electrons. The maximum atomic E-state index is 3.40. The number of hydrogen-bond acceptors (Lipinski definition) is 3. The third-order valence-electron chi connectivity index (χ3n) is 3.56. The van der Waals surface area contributed by atoms with Gasteiger partial charge in [0.1, 0.15) is 0 Å². The van der Waals surface area contributed by atoms with Crippen LogP contribution in [0.15, 0.2) is 30.3 Å². The van der Waals surface area contributed by atoms with E-state index < -0.39 is 0 Å². The summed E-state index contributed by atoms with van der Waals surface area (Å²) in [5.41, 5.74) is 1.31. The zero-order valence-electron chi connectivity index (χ0n) is 11.6. The largest absolute Gasteiger partial charge is 0.374 e. The molecule has 1 aliphatic rings. The quantitative estimate of drug-likeness (QED) is 0.854. The van der Waals surface area contributed by atoms with Gasteiger partial charge >= 0.3 is 0 Å². The van der Waals surface area contributed by atoms with Crippen molar-refractivity contribution in [2.45, 2.75) is 6.92 Å². The summed E-state index contributed by atoms with van der Waals surface area (Å²) in [6.07, 6.45) is 0. The van der Waals surface area contributed by atoms with Crippen LogP contribution in [0.3, 0.4) is 0 Å². The predicted octanol–water partition coefficient (Wildman–Crippen LogP) is 1.66. The van der Waals surface area contributed by atoms with Crippen molar-refractivity contribution in [3.63, 3.8) is 0 Å². The molecule has 0 spiro atoms. The fourth-order valence-corrected chi connectivity index (χ4v) is 2.65. The summed E-state index contributed by atoms with van der Waals surface area (Å²) >= 11 is 0. The Morgan fingerprint density at radius 1 is 1.22 bits per heavy atom. The first-order valence-electron chi connectivity index (χ1n) is 6.95. The molecule has 1 N–H and O–H groups in total. The average molecular weight is 247 g/mol. The van der Waals surface area contributed by atoms with Crippen molar-refractivity contribution in [3.8, 4) is 0 Å². The summed E-state index contributed by atoms with van der Waals surface area (Å²) in [4.78, 5) is 4.92. The normalized spacial score (nSPS) is 18.6. The van der Waals surface area contributed by atoms with Gasteiger partial charge in [-0.15, -0.1) is 0 Å². The zero-order valence-corrected chi connectivity index (χ0v) is 11.6. The van der Waals surface area contributed by atoms with Crippen LogP contribution < -0.4 is 10.2 Å². The van der Waals surface area contributed by atoms with Gasteiger partial charge in [-0.3, -0.25) is 0 Å². The summed E-state index contributed by atoms with van der Waals surface area (Å²) in [6.45, 7) is 9.34. The van der Waals surface area contributed by atoms with Crippen molar-refractivity contribution in [1.29, 1.82) is 0 Å². The summed E-state index contributed by atoms with van der Waals surface area (Å²) in [6, 6.07) is 10.6. The van der Waals surface area contributed by atoms with Crippen molar-refractivity contribution in [1.82, 2.24) is 10.2 Å². The number of piperazine rings is 1. The highest BCUT2D eigenvalue weighted by Gasteiger charge is 2.14. The maximum Gasteiger partial charge on any atom is 0.0363 e. The van der Waals surface area contributed by atoms with Gasteiger partial charge in [0.15, 0.2) is 0 Å². The van der Waals surface area contributed by atoms with Crippen LogP contribution in [0.25, 0.3) is 0 Å². The van der Waals surface area contributed by atoms with E-state index in [2.05, 4.69) is 59.4 Å². The highest BCUT2D eigenvalue weighted by atomic mass is 15.2. The Balaban J connectivity index is 1.78. The Morgan fingerprint density at radius 3 is 2.56 bits per heavy atom.